The number of anilines is 1. The molecular formula is C19H28FN3O3S. The topological polar surface area (TPSA) is 60.9 Å². The molecule has 0 spiro atoms. The smallest absolute Gasteiger partial charge is 0.225 e. The lowest BCUT2D eigenvalue weighted by Gasteiger charge is -2.39. The van der Waals surface area contributed by atoms with Crippen LogP contribution in [0.3, 0.4) is 0 Å². The monoisotopic (exact) mass is 397 g/mol. The van der Waals surface area contributed by atoms with Gasteiger partial charge < -0.3 is 9.80 Å². The van der Waals surface area contributed by atoms with E-state index in [4.69, 9.17) is 0 Å². The maximum Gasteiger partial charge on any atom is 0.225 e. The highest BCUT2D eigenvalue weighted by atomic mass is 32.2. The summed E-state index contributed by atoms with van der Waals surface area (Å²) in [5, 5.41) is 0. The number of hydrogen-bond acceptors (Lipinski definition) is 4. The lowest BCUT2D eigenvalue weighted by atomic mass is 9.96. The second-order valence-corrected chi connectivity index (χ2v) is 9.37. The number of sulfonamides is 1. The van der Waals surface area contributed by atoms with Crippen molar-refractivity contribution < 1.29 is 17.6 Å². The van der Waals surface area contributed by atoms with Gasteiger partial charge in [-0.15, -0.1) is 0 Å². The van der Waals surface area contributed by atoms with E-state index in [2.05, 4.69) is 4.90 Å². The number of carbonyl (C=O) groups excluding carboxylic acids is 1. The third-order valence-electron chi connectivity index (χ3n) is 5.44. The van der Waals surface area contributed by atoms with Crippen molar-refractivity contribution in [1.82, 2.24) is 9.21 Å². The van der Waals surface area contributed by atoms with Gasteiger partial charge in [0.2, 0.25) is 15.9 Å². The molecule has 0 bridgehead atoms. The first-order valence-electron chi connectivity index (χ1n) is 9.68. The second kappa shape index (κ2) is 8.56. The molecule has 2 saturated heterocycles. The molecule has 27 heavy (non-hydrogen) atoms. The fourth-order valence-electron chi connectivity index (χ4n) is 3.86. The van der Waals surface area contributed by atoms with Crippen LogP contribution >= 0.6 is 0 Å². The average Bonchev–Trinajstić information content (AvgIpc) is 2.68. The highest BCUT2D eigenvalue weighted by Gasteiger charge is 2.33. The van der Waals surface area contributed by atoms with E-state index in [0.717, 1.165) is 18.8 Å². The van der Waals surface area contributed by atoms with Gasteiger partial charge in [0, 0.05) is 50.9 Å². The Labute approximate surface area is 161 Å². The fourth-order valence-corrected chi connectivity index (χ4v) is 5.40. The minimum Gasteiger partial charge on any atom is -0.368 e. The maximum absolute atomic E-state index is 13.1. The Balaban J connectivity index is 1.49. The van der Waals surface area contributed by atoms with Crippen LogP contribution in [-0.2, 0) is 14.8 Å². The molecule has 0 aliphatic carbocycles. The van der Waals surface area contributed by atoms with Gasteiger partial charge in [-0.3, -0.25) is 4.79 Å². The zero-order chi connectivity index (χ0) is 19.4. The van der Waals surface area contributed by atoms with Crippen molar-refractivity contribution in [2.45, 2.75) is 26.2 Å². The van der Waals surface area contributed by atoms with Crippen LogP contribution in [0.5, 0.6) is 0 Å². The summed E-state index contributed by atoms with van der Waals surface area (Å²) in [6.45, 7) is 5.47. The number of rotatable bonds is 5. The van der Waals surface area contributed by atoms with E-state index in [0.29, 0.717) is 45.4 Å². The second-order valence-electron chi connectivity index (χ2n) is 7.28. The Morgan fingerprint density at radius 1 is 1.04 bits per heavy atom. The van der Waals surface area contributed by atoms with Crippen molar-refractivity contribution in [3.63, 3.8) is 0 Å². The van der Waals surface area contributed by atoms with Gasteiger partial charge in [0.25, 0.3) is 0 Å². The Morgan fingerprint density at radius 2 is 1.63 bits per heavy atom. The molecule has 0 N–H and O–H groups in total. The average molecular weight is 398 g/mol. The van der Waals surface area contributed by atoms with Crippen LogP contribution in [0.1, 0.15) is 26.2 Å². The molecular weight excluding hydrogens is 369 g/mol. The van der Waals surface area contributed by atoms with Crippen LogP contribution in [0.4, 0.5) is 10.1 Å². The fraction of sp³-hybridized carbons (Fsp3) is 0.632. The molecule has 1 amide bonds. The highest BCUT2D eigenvalue weighted by molar-refractivity contribution is 7.89. The van der Waals surface area contributed by atoms with E-state index in [1.807, 2.05) is 11.8 Å². The van der Waals surface area contributed by atoms with E-state index in [9.17, 15) is 17.6 Å². The van der Waals surface area contributed by atoms with E-state index in [1.165, 1.54) is 16.4 Å². The molecule has 0 aromatic heterocycles. The standard InChI is InChI=1S/C19H28FN3O3S/c1-2-15-27(25,26)23-9-7-16(8-10-23)19(24)22-13-11-21(12-14-22)18-5-3-17(20)4-6-18/h3-6,16H,2,7-15H2,1H3. The summed E-state index contributed by atoms with van der Waals surface area (Å²) >= 11 is 0. The van der Waals surface area contributed by atoms with Gasteiger partial charge in [0.1, 0.15) is 5.82 Å². The molecule has 8 heteroatoms. The van der Waals surface area contributed by atoms with Crippen molar-refractivity contribution in [1.29, 1.82) is 0 Å². The zero-order valence-electron chi connectivity index (χ0n) is 15.8. The van der Waals surface area contributed by atoms with Crippen molar-refractivity contribution in [3.05, 3.63) is 30.1 Å². The number of nitrogens with zero attached hydrogens (tertiary/aromatic N) is 3. The molecule has 0 unspecified atom stereocenters. The molecule has 2 aliphatic rings. The Morgan fingerprint density at radius 3 is 2.19 bits per heavy atom. The quantitative estimate of drug-likeness (QED) is 0.762. The predicted octanol–water partition coefficient (Wildman–Crippen LogP) is 1.93. The number of hydrogen-bond donors (Lipinski definition) is 0. The minimum atomic E-state index is -3.17. The van der Waals surface area contributed by atoms with Gasteiger partial charge in [-0.1, -0.05) is 6.92 Å². The van der Waals surface area contributed by atoms with Gasteiger partial charge in [-0.05, 0) is 43.5 Å². The van der Waals surface area contributed by atoms with E-state index in [1.54, 1.807) is 12.1 Å². The normalized spacial score (nSPS) is 20.1. The van der Waals surface area contributed by atoms with Crippen LogP contribution in [-0.4, -0.2) is 68.6 Å². The summed E-state index contributed by atoms with van der Waals surface area (Å²) in [6.07, 6.45) is 1.80. The lowest BCUT2D eigenvalue weighted by Crippen LogP contribution is -2.52. The molecule has 2 aliphatic heterocycles. The maximum atomic E-state index is 13.1. The Kier molecular flexibility index (Phi) is 6.37. The molecule has 150 valence electrons. The molecule has 0 saturated carbocycles. The van der Waals surface area contributed by atoms with E-state index in [-0.39, 0.29) is 23.4 Å². The predicted molar refractivity (Wildman–Crippen MR) is 104 cm³/mol. The molecule has 6 nitrogen and oxygen atoms in total. The lowest BCUT2D eigenvalue weighted by molar-refractivity contribution is -0.137. The summed E-state index contributed by atoms with van der Waals surface area (Å²) in [6, 6.07) is 6.43. The molecule has 1 aromatic rings. The van der Waals surface area contributed by atoms with Crippen molar-refractivity contribution in [2.24, 2.45) is 5.92 Å². The Hall–Kier alpha value is -1.67. The minimum absolute atomic E-state index is 0.0875. The first-order chi connectivity index (χ1) is 12.9. The number of amides is 1. The van der Waals surface area contributed by atoms with Gasteiger partial charge in [0.05, 0.1) is 5.75 Å². The third-order valence-corrected chi connectivity index (χ3v) is 7.52. The molecule has 1 aromatic carbocycles. The zero-order valence-corrected chi connectivity index (χ0v) is 16.6. The molecule has 2 heterocycles. The van der Waals surface area contributed by atoms with Gasteiger partial charge in [-0.25, -0.2) is 17.1 Å². The number of benzene rings is 1. The van der Waals surface area contributed by atoms with Crippen LogP contribution < -0.4 is 4.90 Å². The van der Waals surface area contributed by atoms with Crippen LogP contribution in [0.15, 0.2) is 24.3 Å². The molecule has 3 rings (SSSR count). The number of halogens is 1. The number of piperazine rings is 1. The van der Waals surface area contributed by atoms with Crippen molar-refractivity contribution >= 4 is 21.6 Å². The van der Waals surface area contributed by atoms with E-state index >= 15 is 0 Å². The van der Waals surface area contributed by atoms with Crippen LogP contribution in [0.2, 0.25) is 0 Å². The summed E-state index contributed by atoms with van der Waals surface area (Å²) < 4.78 is 38.9. The highest BCUT2D eigenvalue weighted by Crippen LogP contribution is 2.24. The first kappa shape index (κ1) is 20.1. The molecule has 0 radical (unpaired) electrons. The summed E-state index contributed by atoms with van der Waals surface area (Å²) in [7, 11) is -3.17. The third kappa shape index (κ3) is 4.79. The summed E-state index contributed by atoms with van der Waals surface area (Å²) in [5.74, 6) is -0.0201. The summed E-state index contributed by atoms with van der Waals surface area (Å²) in [5.41, 5.74) is 0.970. The molecule has 0 atom stereocenters. The SMILES string of the molecule is CCCS(=O)(=O)N1CCC(C(=O)N2CCN(c3ccc(F)cc3)CC2)CC1. The van der Waals surface area contributed by atoms with Gasteiger partial charge in [-0.2, -0.15) is 0 Å². The van der Waals surface area contributed by atoms with Crippen molar-refractivity contribution in [3.8, 4) is 0 Å². The van der Waals surface area contributed by atoms with E-state index < -0.39 is 10.0 Å². The van der Waals surface area contributed by atoms with Crippen LogP contribution in [0, 0.1) is 11.7 Å². The van der Waals surface area contributed by atoms with Gasteiger partial charge >= 0.3 is 0 Å². The number of piperidine rings is 1. The Bertz CT molecular complexity index is 738. The number of carbonyl (C=O) groups is 1. The van der Waals surface area contributed by atoms with Crippen LogP contribution in [0.25, 0.3) is 0 Å². The van der Waals surface area contributed by atoms with Crippen molar-refractivity contribution in [2.75, 3.05) is 49.9 Å². The van der Waals surface area contributed by atoms with Gasteiger partial charge in [0.15, 0.2) is 0 Å². The molecule has 2 fully saturated rings. The largest absolute Gasteiger partial charge is 0.368 e. The first-order valence-corrected chi connectivity index (χ1v) is 11.3. The summed E-state index contributed by atoms with van der Waals surface area (Å²) in [4.78, 5) is 16.9.